The molecule has 5 nitrogen and oxygen atoms in total. The molecular formula is C15H16F2N4O. The van der Waals surface area contributed by atoms with Gasteiger partial charge in [0.15, 0.2) is 0 Å². The third kappa shape index (κ3) is 3.55. The Bertz CT molecular complexity index is 657. The molecule has 0 fully saturated rings. The first-order valence-corrected chi connectivity index (χ1v) is 6.88. The summed E-state index contributed by atoms with van der Waals surface area (Å²) in [6.07, 6.45) is 2.81. The summed E-state index contributed by atoms with van der Waals surface area (Å²) in [6, 6.07) is 2.92. The van der Waals surface area contributed by atoms with Crippen molar-refractivity contribution in [3.05, 3.63) is 47.9 Å². The number of aromatic nitrogens is 2. The molecule has 0 unspecified atom stereocenters. The van der Waals surface area contributed by atoms with E-state index < -0.39 is 17.5 Å². The number of hydrogen-bond acceptors (Lipinski definition) is 4. The molecule has 116 valence electrons. The monoisotopic (exact) mass is 306 g/mol. The molecule has 7 heteroatoms. The maximum absolute atomic E-state index is 13.5. The molecule has 2 aromatic rings. The van der Waals surface area contributed by atoms with Gasteiger partial charge in [0.05, 0.1) is 18.1 Å². The largest absolute Gasteiger partial charge is 0.356 e. The number of hydrogen-bond donors (Lipinski definition) is 1. The van der Waals surface area contributed by atoms with Crippen LogP contribution in [0.3, 0.4) is 0 Å². The van der Waals surface area contributed by atoms with Gasteiger partial charge < -0.3 is 10.2 Å². The number of nitrogens with zero attached hydrogens (tertiary/aromatic N) is 3. The highest BCUT2D eigenvalue weighted by Gasteiger charge is 2.12. The van der Waals surface area contributed by atoms with E-state index in [1.807, 2.05) is 18.7 Å². The molecule has 0 saturated carbocycles. The van der Waals surface area contributed by atoms with Gasteiger partial charge in [-0.3, -0.25) is 4.79 Å². The highest BCUT2D eigenvalue weighted by atomic mass is 19.1. The van der Waals surface area contributed by atoms with Gasteiger partial charge in [-0.25, -0.2) is 18.7 Å². The fourth-order valence-electron chi connectivity index (χ4n) is 1.93. The number of benzene rings is 1. The first-order valence-electron chi connectivity index (χ1n) is 6.88. The molecule has 1 N–H and O–H groups in total. The number of amides is 1. The number of halogens is 2. The molecule has 0 saturated heterocycles. The van der Waals surface area contributed by atoms with Crippen LogP contribution in [0.4, 0.5) is 20.3 Å². The molecule has 0 aliphatic carbocycles. The van der Waals surface area contributed by atoms with E-state index in [9.17, 15) is 13.6 Å². The van der Waals surface area contributed by atoms with Crippen LogP contribution >= 0.6 is 0 Å². The van der Waals surface area contributed by atoms with Crippen molar-refractivity contribution in [2.45, 2.75) is 13.8 Å². The summed E-state index contributed by atoms with van der Waals surface area (Å²) in [7, 11) is 0. The zero-order chi connectivity index (χ0) is 16.1. The van der Waals surface area contributed by atoms with Crippen molar-refractivity contribution in [1.82, 2.24) is 9.97 Å². The number of anilines is 2. The van der Waals surface area contributed by atoms with Crippen molar-refractivity contribution in [2.24, 2.45) is 0 Å². The molecule has 0 aliphatic heterocycles. The second-order valence-electron chi connectivity index (χ2n) is 4.51. The van der Waals surface area contributed by atoms with Crippen molar-refractivity contribution in [2.75, 3.05) is 23.3 Å². The predicted octanol–water partition coefficient (Wildman–Crippen LogP) is 2.85. The highest BCUT2D eigenvalue weighted by molar-refractivity contribution is 6.02. The lowest BCUT2D eigenvalue weighted by Gasteiger charge is -2.18. The molecule has 1 aromatic heterocycles. The molecule has 0 aliphatic rings. The molecule has 22 heavy (non-hydrogen) atoms. The van der Waals surface area contributed by atoms with E-state index in [2.05, 4.69) is 15.3 Å². The molecule has 0 bridgehead atoms. The van der Waals surface area contributed by atoms with Crippen LogP contribution in [-0.2, 0) is 0 Å². The first-order chi connectivity index (χ1) is 10.5. The Labute approximate surface area is 127 Å². The number of nitrogens with one attached hydrogen (secondary N) is 1. The minimum atomic E-state index is -0.846. The van der Waals surface area contributed by atoms with Crippen LogP contribution in [0.2, 0.25) is 0 Å². The predicted molar refractivity (Wildman–Crippen MR) is 79.9 cm³/mol. The van der Waals surface area contributed by atoms with Crippen LogP contribution in [0.5, 0.6) is 0 Å². The summed E-state index contributed by atoms with van der Waals surface area (Å²) < 4.78 is 26.3. The molecule has 1 amide bonds. The fraction of sp³-hybridized carbons (Fsp3) is 0.267. The minimum Gasteiger partial charge on any atom is -0.356 e. The molecule has 2 rings (SSSR count). The molecule has 0 radical (unpaired) electrons. The van der Waals surface area contributed by atoms with E-state index >= 15 is 0 Å². The zero-order valence-corrected chi connectivity index (χ0v) is 12.3. The summed E-state index contributed by atoms with van der Waals surface area (Å²) in [5.74, 6) is -1.50. The van der Waals surface area contributed by atoms with Gasteiger partial charge in [-0.2, -0.15) is 0 Å². The summed E-state index contributed by atoms with van der Waals surface area (Å²) >= 11 is 0. The van der Waals surface area contributed by atoms with Crippen molar-refractivity contribution in [3.63, 3.8) is 0 Å². The molecular weight excluding hydrogens is 290 g/mol. The Balaban J connectivity index is 2.13. The summed E-state index contributed by atoms with van der Waals surface area (Å²) in [5, 5.41) is 2.33. The van der Waals surface area contributed by atoms with Gasteiger partial charge >= 0.3 is 0 Å². The van der Waals surface area contributed by atoms with Gasteiger partial charge in [-0.15, -0.1) is 0 Å². The van der Waals surface area contributed by atoms with Gasteiger partial charge in [-0.05, 0) is 26.0 Å². The average molecular weight is 306 g/mol. The van der Waals surface area contributed by atoms with Crippen molar-refractivity contribution < 1.29 is 13.6 Å². The van der Waals surface area contributed by atoms with Crippen LogP contribution in [0.25, 0.3) is 0 Å². The van der Waals surface area contributed by atoms with Gasteiger partial charge in [0, 0.05) is 19.2 Å². The molecule has 1 heterocycles. The van der Waals surface area contributed by atoms with E-state index in [1.54, 1.807) is 0 Å². The Morgan fingerprint density at radius 3 is 2.45 bits per heavy atom. The van der Waals surface area contributed by atoms with Gasteiger partial charge in [0.1, 0.15) is 23.1 Å². The van der Waals surface area contributed by atoms with Crippen molar-refractivity contribution >= 4 is 17.4 Å². The normalized spacial score (nSPS) is 10.4. The number of rotatable bonds is 5. The summed E-state index contributed by atoms with van der Waals surface area (Å²) in [6.45, 7) is 5.53. The van der Waals surface area contributed by atoms with Crippen LogP contribution in [0.1, 0.15) is 24.3 Å². The van der Waals surface area contributed by atoms with Gasteiger partial charge in [-0.1, -0.05) is 0 Å². The lowest BCUT2D eigenvalue weighted by molar-refractivity contribution is 0.102. The number of carbonyl (C=O) groups is 1. The number of carbonyl (C=O) groups excluding carboxylic acids is 1. The lowest BCUT2D eigenvalue weighted by atomic mass is 10.3. The second kappa shape index (κ2) is 6.93. The Morgan fingerprint density at radius 1 is 1.18 bits per heavy atom. The third-order valence-electron chi connectivity index (χ3n) is 3.14. The second-order valence-corrected chi connectivity index (χ2v) is 4.51. The van der Waals surface area contributed by atoms with Crippen molar-refractivity contribution in [1.29, 1.82) is 0 Å². The molecule has 1 aromatic carbocycles. The fourth-order valence-corrected chi connectivity index (χ4v) is 1.93. The summed E-state index contributed by atoms with van der Waals surface area (Å²) in [4.78, 5) is 22.2. The SMILES string of the molecule is CCN(CC)c1cnc(C(=O)Nc2ccc(F)cc2F)cn1. The van der Waals surface area contributed by atoms with Gasteiger partial charge in [0.25, 0.3) is 5.91 Å². The van der Waals surface area contributed by atoms with Crippen LogP contribution in [0.15, 0.2) is 30.6 Å². The zero-order valence-electron chi connectivity index (χ0n) is 12.3. The van der Waals surface area contributed by atoms with E-state index in [-0.39, 0.29) is 11.4 Å². The van der Waals surface area contributed by atoms with Crippen LogP contribution < -0.4 is 10.2 Å². The topological polar surface area (TPSA) is 58.1 Å². The molecule has 0 atom stereocenters. The standard InChI is InChI=1S/C15H16F2N4O/c1-3-21(4-2)14-9-18-13(8-19-14)15(22)20-12-6-5-10(16)7-11(12)17/h5-9H,3-4H2,1-2H3,(H,20,22). The highest BCUT2D eigenvalue weighted by Crippen LogP contribution is 2.16. The van der Waals surface area contributed by atoms with Gasteiger partial charge in [0.2, 0.25) is 0 Å². The summed E-state index contributed by atoms with van der Waals surface area (Å²) in [5.41, 5.74) is -0.0550. The van der Waals surface area contributed by atoms with E-state index in [0.717, 1.165) is 25.2 Å². The van der Waals surface area contributed by atoms with Crippen LogP contribution in [-0.4, -0.2) is 29.0 Å². The van der Waals surface area contributed by atoms with E-state index in [4.69, 9.17) is 0 Å². The lowest BCUT2D eigenvalue weighted by Crippen LogP contribution is -2.23. The van der Waals surface area contributed by atoms with Crippen molar-refractivity contribution in [3.8, 4) is 0 Å². The smallest absolute Gasteiger partial charge is 0.275 e. The quantitative estimate of drug-likeness (QED) is 0.923. The maximum atomic E-state index is 13.5. The average Bonchev–Trinajstić information content (AvgIpc) is 2.52. The van der Waals surface area contributed by atoms with E-state index in [1.165, 1.54) is 12.4 Å². The Hall–Kier alpha value is -2.57. The third-order valence-corrected chi connectivity index (χ3v) is 3.14. The Morgan fingerprint density at radius 2 is 1.91 bits per heavy atom. The maximum Gasteiger partial charge on any atom is 0.275 e. The Kier molecular flexibility index (Phi) is 4.98. The van der Waals surface area contributed by atoms with Crippen LogP contribution in [0, 0.1) is 11.6 Å². The molecule has 0 spiro atoms. The minimum absolute atomic E-state index is 0.0552. The first kappa shape index (κ1) is 15.8. The van der Waals surface area contributed by atoms with E-state index in [0.29, 0.717) is 11.9 Å².